The fraction of sp³-hybridized carbons (Fsp3) is 0.125. The van der Waals surface area contributed by atoms with Gasteiger partial charge >= 0.3 is 0 Å². The Morgan fingerprint density at radius 1 is 1.10 bits per heavy atom. The summed E-state index contributed by atoms with van der Waals surface area (Å²) in [5, 5.41) is 0.722. The molecule has 0 atom stereocenters. The molecule has 0 saturated heterocycles. The lowest BCUT2D eigenvalue weighted by Crippen LogP contribution is -1.96. The molecule has 1 aromatic heterocycles. The Morgan fingerprint density at radius 3 is 2.70 bits per heavy atom. The highest BCUT2D eigenvalue weighted by Gasteiger charge is 2.09. The molecule has 0 radical (unpaired) electrons. The summed E-state index contributed by atoms with van der Waals surface area (Å²) in [5.74, 6) is 1.00. The number of furan rings is 1. The van der Waals surface area contributed by atoms with Gasteiger partial charge in [-0.25, -0.2) is 4.39 Å². The van der Waals surface area contributed by atoms with E-state index in [0.717, 1.165) is 10.9 Å². The van der Waals surface area contributed by atoms with Crippen molar-refractivity contribution in [3.8, 4) is 11.5 Å². The molecule has 0 saturated carbocycles. The van der Waals surface area contributed by atoms with Gasteiger partial charge in [0.1, 0.15) is 18.0 Å². The molecule has 0 aliphatic heterocycles. The number of rotatable bonds is 4. The van der Waals surface area contributed by atoms with Gasteiger partial charge in [-0.3, -0.25) is 0 Å². The van der Waals surface area contributed by atoms with E-state index in [2.05, 4.69) is 0 Å². The van der Waals surface area contributed by atoms with Crippen molar-refractivity contribution in [3.63, 3.8) is 0 Å². The van der Waals surface area contributed by atoms with E-state index < -0.39 is 0 Å². The van der Waals surface area contributed by atoms with Gasteiger partial charge in [-0.05, 0) is 30.3 Å². The van der Waals surface area contributed by atoms with Crippen molar-refractivity contribution >= 4 is 11.0 Å². The molecular weight excluding hydrogens is 259 g/mol. The zero-order chi connectivity index (χ0) is 13.9. The predicted octanol–water partition coefficient (Wildman–Crippen LogP) is 4.16. The van der Waals surface area contributed by atoms with E-state index in [1.54, 1.807) is 19.4 Å². The molecule has 0 unspecified atom stereocenters. The summed E-state index contributed by atoms with van der Waals surface area (Å²) >= 11 is 0. The van der Waals surface area contributed by atoms with E-state index >= 15 is 0 Å². The summed E-state index contributed by atoms with van der Waals surface area (Å²) in [5.41, 5.74) is 1.44. The maximum absolute atomic E-state index is 13.3. The second kappa shape index (κ2) is 5.25. The SMILES string of the molecule is COc1ccccc1OCc1coc2ccc(F)cc12. The molecule has 4 heteroatoms. The lowest BCUT2D eigenvalue weighted by molar-refractivity contribution is 0.284. The van der Waals surface area contributed by atoms with Crippen LogP contribution in [0, 0.1) is 5.82 Å². The van der Waals surface area contributed by atoms with E-state index in [1.807, 2.05) is 24.3 Å². The molecule has 0 spiro atoms. The van der Waals surface area contributed by atoms with Gasteiger partial charge in [0.15, 0.2) is 11.5 Å². The van der Waals surface area contributed by atoms with Crippen molar-refractivity contribution < 1.29 is 18.3 Å². The minimum atomic E-state index is -0.294. The highest BCUT2D eigenvalue weighted by Crippen LogP contribution is 2.28. The molecule has 0 aliphatic rings. The fourth-order valence-electron chi connectivity index (χ4n) is 2.06. The van der Waals surface area contributed by atoms with Gasteiger partial charge in [-0.1, -0.05) is 12.1 Å². The van der Waals surface area contributed by atoms with Crippen LogP contribution in [0.25, 0.3) is 11.0 Å². The molecule has 2 aromatic carbocycles. The summed E-state index contributed by atoms with van der Waals surface area (Å²) in [6, 6.07) is 11.8. The van der Waals surface area contributed by atoms with Crippen molar-refractivity contribution in [1.82, 2.24) is 0 Å². The number of hydrogen-bond acceptors (Lipinski definition) is 3. The Balaban J connectivity index is 1.85. The third-order valence-electron chi connectivity index (χ3n) is 3.07. The lowest BCUT2D eigenvalue weighted by Gasteiger charge is -2.09. The zero-order valence-electron chi connectivity index (χ0n) is 10.9. The lowest BCUT2D eigenvalue weighted by atomic mass is 10.2. The average Bonchev–Trinajstić information content (AvgIpc) is 2.87. The highest BCUT2D eigenvalue weighted by atomic mass is 19.1. The van der Waals surface area contributed by atoms with Crippen LogP contribution in [-0.4, -0.2) is 7.11 Å². The summed E-state index contributed by atoms with van der Waals surface area (Å²) in [6.45, 7) is 0.289. The largest absolute Gasteiger partial charge is 0.493 e. The standard InChI is InChI=1S/C16H13FO3/c1-18-15-4-2-3-5-16(15)20-10-11-9-19-14-7-6-12(17)8-13(11)14/h2-9H,10H2,1H3. The van der Waals surface area contributed by atoms with Gasteiger partial charge in [-0.2, -0.15) is 0 Å². The summed E-state index contributed by atoms with van der Waals surface area (Å²) < 4.78 is 29.6. The van der Waals surface area contributed by atoms with Crippen LogP contribution in [0.3, 0.4) is 0 Å². The van der Waals surface area contributed by atoms with Crippen LogP contribution in [0.15, 0.2) is 53.1 Å². The van der Waals surface area contributed by atoms with Crippen LogP contribution in [0.1, 0.15) is 5.56 Å². The highest BCUT2D eigenvalue weighted by molar-refractivity contribution is 5.80. The first kappa shape index (κ1) is 12.5. The molecular formula is C16H13FO3. The molecule has 3 aromatic rings. The Hall–Kier alpha value is -2.49. The van der Waals surface area contributed by atoms with Gasteiger partial charge in [-0.15, -0.1) is 0 Å². The van der Waals surface area contributed by atoms with Crippen LogP contribution < -0.4 is 9.47 Å². The van der Waals surface area contributed by atoms with Crippen LogP contribution in [0.2, 0.25) is 0 Å². The van der Waals surface area contributed by atoms with E-state index in [0.29, 0.717) is 17.1 Å². The van der Waals surface area contributed by atoms with Crippen molar-refractivity contribution in [2.75, 3.05) is 7.11 Å². The number of para-hydroxylation sites is 2. The van der Waals surface area contributed by atoms with Gasteiger partial charge in [0.25, 0.3) is 0 Å². The first-order chi connectivity index (χ1) is 9.78. The molecule has 1 heterocycles. The van der Waals surface area contributed by atoms with Gasteiger partial charge in [0.2, 0.25) is 0 Å². The first-order valence-corrected chi connectivity index (χ1v) is 6.19. The van der Waals surface area contributed by atoms with Crippen LogP contribution in [0.4, 0.5) is 4.39 Å². The van der Waals surface area contributed by atoms with Gasteiger partial charge in [0, 0.05) is 10.9 Å². The summed E-state index contributed by atoms with van der Waals surface area (Å²) in [7, 11) is 1.59. The van der Waals surface area contributed by atoms with Gasteiger partial charge < -0.3 is 13.9 Å². The molecule has 0 N–H and O–H groups in total. The third-order valence-corrected chi connectivity index (χ3v) is 3.07. The minimum Gasteiger partial charge on any atom is -0.493 e. The number of ether oxygens (including phenoxy) is 2. The minimum absolute atomic E-state index is 0.289. The average molecular weight is 272 g/mol. The number of halogens is 1. The Labute approximate surface area is 115 Å². The maximum atomic E-state index is 13.3. The van der Waals surface area contributed by atoms with E-state index in [4.69, 9.17) is 13.9 Å². The number of fused-ring (bicyclic) bond motifs is 1. The van der Waals surface area contributed by atoms with Crippen LogP contribution >= 0.6 is 0 Å². The molecule has 0 amide bonds. The Kier molecular flexibility index (Phi) is 3.29. The monoisotopic (exact) mass is 272 g/mol. The van der Waals surface area contributed by atoms with Crippen molar-refractivity contribution in [2.45, 2.75) is 6.61 Å². The number of hydrogen-bond donors (Lipinski definition) is 0. The Morgan fingerprint density at radius 2 is 1.90 bits per heavy atom. The second-order valence-corrected chi connectivity index (χ2v) is 4.34. The first-order valence-electron chi connectivity index (χ1n) is 6.19. The second-order valence-electron chi connectivity index (χ2n) is 4.34. The van der Waals surface area contributed by atoms with E-state index in [-0.39, 0.29) is 12.4 Å². The van der Waals surface area contributed by atoms with E-state index in [9.17, 15) is 4.39 Å². The van der Waals surface area contributed by atoms with Gasteiger partial charge in [0.05, 0.1) is 13.4 Å². The molecule has 0 aliphatic carbocycles. The molecule has 0 fully saturated rings. The summed E-state index contributed by atoms with van der Waals surface area (Å²) in [6.07, 6.45) is 1.58. The quantitative estimate of drug-likeness (QED) is 0.714. The van der Waals surface area contributed by atoms with Crippen LogP contribution in [-0.2, 0) is 6.61 Å². The van der Waals surface area contributed by atoms with E-state index in [1.165, 1.54) is 12.1 Å². The third kappa shape index (κ3) is 2.32. The fourth-order valence-corrected chi connectivity index (χ4v) is 2.06. The predicted molar refractivity (Wildman–Crippen MR) is 73.5 cm³/mol. The molecule has 0 bridgehead atoms. The van der Waals surface area contributed by atoms with Crippen molar-refractivity contribution in [2.24, 2.45) is 0 Å². The Bertz CT molecular complexity index is 733. The molecule has 102 valence electrons. The molecule has 3 nitrogen and oxygen atoms in total. The smallest absolute Gasteiger partial charge is 0.161 e. The molecule has 20 heavy (non-hydrogen) atoms. The topological polar surface area (TPSA) is 31.6 Å². The number of methoxy groups -OCH3 is 1. The van der Waals surface area contributed by atoms with Crippen LogP contribution in [0.5, 0.6) is 11.5 Å². The zero-order valence-corrected chi connectivity index (χ0v) is 10.9. The normalized spacial score (nSPS) is 10.7. The van der Waals surface area contributed by atoms with Crippen molar-refractivity contribution in [1.29, 1.82) is 0 Å². The number of benzene rings is 2. The summed E-state index contributed by atoms with van der Waals surface area (Å²) in [4.78, 5) is 0. The molecule has 3 rings (SSSR count). The van der Waals surface area contributed by atoms with Crippen molar-refractivity contribution in [3.05, 3.63) is 60.1 Å². The maximum Gasteiger partial charge on any atom is 0.161 e.